The van der Waals surface area contributed by atoms with Crippen LogP contribution >= 0.6 is 0 Å². The Labute approximate surface area is 162 Å². The van der Waals surface area contributed by atoms with E-state index in [-0.39, 0.29) is 5.83 Å². The van der Waals surface area contributed by atoms with Gasteiger partial charge in [-0.1, -0.05) is 12.1 Å². The maximum atomic E-state index is 14.6. The van der Waals surface area contributed by atoms with Gasteiger partial charge in [-0.05, 0) is 87.4 Å². The molecule has 4 heteroatoms. The zero-order chi connectivity index (χ0) is 20.0. The molecule has 0 unspecified atom stereocenters. The Hall–Kier alpha value is -2.36. The van der Waals surface area contributed by atoms with Gasteiger partial charge in [-0.25, -0.2) is 9.18 Å². The maximum absolute atomic E-state index is 14.6. The fourth-order valence-corrected chi connectivity index (χ4v) is 3.31. The quantitative estimate of drug-likeness (QED) is 0.382. The zero-order valence-electron chi connectivity index (χ0n) is 17.0. The normalized spacial score (nSPS) is 16.3. The van der Waals surface area contributed by atoms with Crippen molar-refractivity contribution in [3.8, 4) is 0 Å². The third-order valence-corrected chi connectivity index (χ3v) is 4.94. The molecule has 0 saturated heterocycles. The minimum absolute atomic E-state index is 0.304. The molecule has 0 fully saturated rings. The van der Waals surface area contributed by atoms with Crippen LogP contribution in [0.3, 0.4) is 0 Å². The van der Waals surface area contributed by atoms with Crippen molar-refractivity contribution < 1.29 is 13.9 Å². The number of allylic oxidation sites excluding steroid dienone is 5. The first kappa shape index (κ1) is 20.9. The highest BCUT2D eigenvalue weighted by atomic mass is 19.1. The van der Waals surface area contributed by atoms with Crippen molar-refractivity contribution in [2.24, 2.45) is 0 Å². The van der Waals surface area contributed by atoms with E-state index in [1.807, 2.05) is 6.07 Å². The van der Waals surface area contributed by atoms with E-state index >= 15 is 0 Å². The second-order valence-electron chi connectivity index (χ2n) is 7.31. The van der Waals surface area contributed by atoms with Gasteiger partial charge in [0.25, 0.3) is 0 Å². The predicted molar refractivity (Wildman–Crippen MR) is 110 cm³/mol. The molecular formula is C23H30FNO2. The van der Waals surface area contributed by atoms with E-state index in [9.17, 15) is 9.18 Å². The summed E-state index contributed by atoms with van der Waals surface area (Å²) in [6.07, 6.45) is 7.68. The van der Waals surface area contributed by atoms with Gasteiger partial charge in [0, 0.05) is 24.4 Å². The number of aryl methyl sites for hydroxylation is 1. The number of carbonyl (C=O) groups is 1. The van der Waals surface area contributed by atoms with Crippen molar-refractivity contribution in [1.82, 2.24) is 0 Å². The van der Waals surface area contributed by atoms with E-state index in [1.54, 1.807) is 19.9 Å². The summed E-state index contributed by atoms with van der Waals surface area (Å²) in [5.74, 6) is -0.749. The van der Waals surface area contributed by atoms with E-state index in [0.29, 0.717) is 17.2 Å². The van der Waals surface area contributed by atoms with E-state index in [0.717, 1.165) is 24.9 Å². The number of fused-ring (bicyclic) bond motifs is 1. The second-order valence-corrected chi connectivity index (χ2v) is 7.31. The lowest BCUT2D eigenvalue weighted by Crippen LogP contribution is -2.31. The van der Waals surface area contributed by atoms with Crippen molar-refractivity contribution in [3.05, 3.63) is 59.0 Å². The molecule has 1 aromatic rings. The van der Waals surface area contributed by atoms with Crippen LogP contribution in [-0.4, -0.2) is 25.7 Å². The number of carbonyl (C=O) groups excluding carboxylic acids is 1. The molecule has 1 aromatic carbocycles. The van der Waals surface area contributed by atoms with Crippen LogP contribution < -0.4 is 4.90 Å². The van der Waals surface area contributed by atoms with E-state index in [1.165, 1.54) is 36.9 Å². The highest BCUT2D eigenvalue weighted by Crippen LogP contribution is 2.31. The summed E-state index contributed by atoms with van der Waals surface area (Å²) in [6, 6.07) is 6.70. The molecule has 0 aliphatic carbocycles. The standard InChI is InChI=1S/C23H30FNO2/c1-16(2)25-13-7-6-8-20-15-19(10-12-22(20)25)18(4)21(24)11-9-17(3)14-23(26)27-5/h9-12,14-16H,6-8,13H2,1-5H3. The van der Waals surface area contributed by atoms with Crippen LogP contribution in [-0.2, 0) is 16.0 Å². The van der Waals surface area contributed by atoms with Crippen molar-refractivity contribution in [2.75, 3.05) is 18.6 Å². The minimum Gasteiger partial charge on any atom is -0.466 e. The highest BCUT2D eigenvalue weighted by Gasteiger charge is 2.18. The lowest BCUT2D eigenvalue weighted by molar-refractivity contribution is -0.134. The zero-order valence-corrected chi connectivity index (χ0v) is 17.0. The summed E-state index contributed by atoms with van der Waals surface area (Å²) in [7, 11) is 1.32. The van der Waals surface area contributed by atoms with Gasteiger partial charge >= 0.3 is 5.97 Å². The average molecular weight is 371 g/mol. The Kier molecular flexibility index (Phi) is 7.40. The number of esters is 1. The van der Waals surface area contributed by atoms with Gasteiger partial charge in [-0.3, -0.25) is 0 Å². The topological polar surface area (TPSA) is 29.5 Å². The summed E-state index contributed by atoms with van der Waals surface area (Å²) in [4.78, 5) is 13.7. The third-order valence-electron chi connectivity index (χ3n) is 4.94. The Morgan fingerprint density at radius 3 is 2.63 bits per heavy atom. The molecule has 0 aromatic heterocycles. The van der Waals surface area contributed by atoms with Crippen LogP contribution in [0.1, 0.15) is 51.7 Å². The van der Waals surface area contributed by atoms with Gasteiger partial charge in [0.05, 0.1) is 7.11 Å². The predicted octanol–water partition coefficient (Wildman–Crippen LogP) is 5.61. The molecule has 3 nitrogen and oxygen atoms in total. The molecule has 0 bridgehead atoms. The summed E-state index contributed by atoms with van der Waals surface area (Å²) in [6.45, 7) is 9.02. The number of anilines is 1. The lowest BCUT2D eigenvalue weighted by atomic mass is 9.99. The number of ether oxygens (including phenoxy) is 1. The Bertz CT molecular complexity index is 775. The summed E-state index contributed by atoms with van der Waals surface area (Å²) >= 11 is 0. The van der Waals surface area contributed by atoms with E-state index in [4.69, 9.17) is 0 Å². The summed E-state index contributed by atoms with van der Waals surface area (Å²) in [5, 5.41) is 0. The molecule has 0 radical (unpaired) electrons. The number of rotatable bonds is 5. The molecule has 1 aliphatic rings. The SMILES string of the molecule is COC(=O)C=C(C)C=CC(F)=C(C)c1ccc2c(c1)CCCCN2C(C)C. The van der Waals surface area contributed by atoms with Crippen LogP contribution in [0.15, 0.2) is 47.8 Å². The number of benzene rings is 1. The fraction of sp³-hybridized carbons (Fsp3) is 0.435. The monoisotopic (exact) mass is 371 g/mol. The molecule has 0 amide bonds. The van der Waals surface area contributed by atoms with Crippen LogP contribution in [0.4, 0.5) is 10.1 Å². The molecule has 2 rings (SSSR count). The van der Waals surface area contributed by atoms with Crippen molar-refractivity contribution in [1.29, 1.82) is 0 Å². The third kappa shape index (κ3) is 5.56. The molecule has 0 atom stereocenters. The van der Waals surface area contributed by atoms with Crippen molar-refractivity contribution >= 4 is 17.2 Å². The molecule has 1 aliphatic heterocycles. The average Bonchev–Trinajstić information content (AvgIpc) is 2.87. The first-order chi connectivity index (χ1) is 12.8. The van der Waals surface area contributed by atoms with Crippen LogP contribution in [0, 0.1) is 0 Å². The smallest absolute Gasteiger partial charge is 0.330 e. The van der Waals surface area contributed by atoms with Crippen molar-refractivity contribution in [3.63, 3.8) is 0 Å². The van der Waals surface area contributed by atoms with Gasteiger partial charge < -0.3 is 9.64 Å². The minimum atomic E-state index is -0.446. The number of nitrogens with zero attached hydrogens (tertiary/aromatic N) is 1. The fourth-order valence-electron chi connectivity index (χ4n) is 3.31. The van der Waals surface area contributed by atoms with E-state index < -0.39 is 5.97 Å². The van der Waals surface area contributed by atoms with Gasteiger partial charge in [-0.15, -0.1) is 0 Å². The molecule has 0 saturated carbocycles. The molecule has 1 heterocycles. The first-order valence-electron chi connectivity index (χ1n) is 9.54. The first-order valence-corrected chi connectivity index (χ1v) is 9.54. The summed E-state index contributed by atoms with van der Waals surface area (Å²) < 4.78 is 19.2. The van der Waals surface area contributed by atoms with Crippen LogP contribution in [0.25, 0.3) is 5.57 Å². The van der Waals surface area contributed by atoms with Gasteiger partial charge in [-0.2, -0.15) is 0 Å². The van der Waals surface area contributed by atoms with Gasteiger partial charge in [0.1, 0.15) is 5.83 Å². The number of halogens is 1. The molecular weight excluding hydrogens is 341 g/mol. The van der Waals surface area contributed by atoms with Crippen molar-refractivity contribution in [2.45, 2.75) is 53.0 Å². The number of hydrogen-bond donors (Lipinski definition) is 0. The van der Waals surface area contributed by atoms with Crippen LogP contribution in [0.2, 0.25) is 0 Å². The molecule has 0 spiro atoms. The largest absolute Gasteiger partial charge is 0.466 e. The summed E-state index contributed by atoms with van der Waals surface area (Å²) in [5.41, 5.74) is 4.69. The second kappa shape index (κ2) is 9.54. The molecule has 146 valence electrons. The Morgan fingerprint density at radius 2 is 1.96 bits per heavy atom. The number of methoxy groups -OCH3 is 1. The number of hydrogen-bond acceptors (Lipinski definition) is 3. The van der Waals surface area contributed by atoms with Gasteiger partial charge in [0.2, 0.25) is 0 Å². The Balaban J connectivity index is 2.29. The molecule has 27 heavy (non-hydrogen) atoms. The molecule has 0 N–H and O–H groups in total. The highest BCUT2D eigenvalue weighted by molar-refractivity contribution is 5.83. The van der Waals surface area contributed by atoms with Crippen LogP contribution in [0.5, 0.6) is 0 Å². The Morgan fingerprint density at radius 1 is 1.22 bits per heavy atom. The lowest BCUT2D eigenvalue weighted by Gasteiger charge is -2.29. The van der Waals surface area contributed by atoms with Gasteiger partial charge in [0.15, 0.2) is 0 Å². The van der Waals surface area contributed by atoms with E-state index in [2.05, 4.69) is 35.6 Å². The maximum Gasteiger partial charge on any atom is 0.330 e.